The van der Waals surface area contributed by atoms with Crippen molar-refractivity contribution in [2.24, 2.45) is 0 Å². The Kier molecular flexibility index (Phi) is 5.00. The van der Waals surface area contributed by atoms with E-state index in [0.29, 0.717) is 12.1 Å². The van der Waals surface area contributed by atoms with Crippen LogP contribution < -0.4 is 5.32 Å². The smallest absolute Gasteiger partial charge is 0.332 e. The fourth-order valence-corrected chi connectivity index (χ4v) is 3.95. The molecule has 2 aliphatic heterocycles. The minimum Gasteiger partial charge on any atom is -0.458 e. The topological polar surface area (TPSA) is 60.5 Å². The number of ether oxygens (including phenoxy) is 2. The Morgan fingerprint density at radius 1 is 1.33 bits per heavy atom. The highest BCUT2D eigenvalue weighted by Crippen LogP contribution is 2.43. The summed E-state index contributed by atoms with van der Waals surface area (Å²) in [5.74, 6) is -0.329. The third kappa shape index (κ3) is 4.16. The zero-order valence-corrected chi connectivity index (χ0v) is 16.1. The van der Waals surface area contributed by atoms with Gasteiger partial charge in [-0.25, -0.2) is 4.79 Å². The van der Waals surface area contributed by atoms with E-state index in [1.54, 1.807) is 6.20 Å². The molecule has 2 atom stereocenters. The predicted octanol–water partition coefficient (Wildman–Crippen LogP) is 3.31. The van der Waals surface area contributed by atoms with Gasteiger partial charge in [0.25, 0.3) is 0 Å². The molecule has 2 bridgehead atoms. The molecule has 3 heterocycles. The van der Waals surface area contributed by atoms with Gasteiger partial charge in [-0.05, 0) is 74.5 Å². The van der Waals surface area contributed by atoms with E-state index in [9.17, 15) is 4.79 Å². The molecule has 24 heavy (non-hydrogen) atoms. The molecule has 1 aromatic rings. The second-order valence-corrected chi connectivity index (χ2v) is 8.69. The van der Waals surface area contributed by atoms with Crippen LogP contribution in [0.15, 0.2) is 22.8 Å². The molecule has 132 valence electrons. The fourth-order valence-electron chi connectivity index (χ4n) is 3.72. The molecule has 1 N–H and O–H groups in total. The van der Waals surface area contributed by atoms with E-state index in [1.807, 2.05) is 32.9 Å². The van der Waals surface area contributed by atoms with Gasteiger partial charge in [0, 0.05) is 22.8 Å². The van der Waals surface area contributed by atoms with Crippen LogP contribution in [-0.2, 0) is 19.9 Å². The molecule has 6 heteroatoms. The summed E-state index contributed by atoms with van der Waals surface area (Å²) in [6.07, 6.45) is 5.76. The molecule has 0 saturated carbocycles. The fraction of sp³-hybridized carbons (Fsp3) is 0.667. The van der Waals surface area contributed by atoms with Crippen LogP contribution in [0.3, 0.4) is 0 Å². The van der Waals surface area contributed by atoms with Crippen molar-refractivity contribution in [1.82, 2.24) is 10.3 Å². The number of halogens is 1. The van der Waals surface area contributed by atoms with Crippen LogP contribution in [0.1, 0.15) is 52.1 Å². The number of piperidine rings is 1. The van der Waals surface area contributed by atoms with Crippen LogP contribution in [0, 0.1) is 0 Å². The van der Waals surface area contributed by atoms with Gasteiger partial charge in [-0.15, -0.1) is 0 Å². The average Bonchev–Trinajstić information content (AvgIpc) is 2.83. The maximum Gasteiger partial charge on any atom is 0.332 e. The normalized spacial score (nSPS) is 29.5. The Balaban J connectivity index is 1.78. The number of aromatic nitrogens is 1. The summed E-state index contributed by atoms with van der Waals surface area (Å²) in [4.78, 5) is 16.7. The largest absolute Gasteiger partial charge is 0.458 e. The summed E-state index contributed by atoms with van der Waals surface area (Å²) in [5.41, 5.74) is -0.127. The Morgan fingerprint density at radius 2 is 2.00 bits per heavy atom. The number of nitrogens with one attached hydrogen (secondary N) is 1. The lowest BCUT2D eigenvalue weighted by atomic mass is 9.84. The van der Waals surface area contributed by atoms with Crippen molar-refractivity contribution >= 4 is 21.9 Å². The van der Waals surface area contributed by atoms with E-state index in [2.05, 4.69) is 26.2 Å². The lowest BCUT2D eigenvalue weighted by molar-refractivity contribution is -0.171. The van der Waals surface area contributed by atoms with E-state index in [-0.39, 0.29) is 12.6 Å². The van der Waals surface area contributed by atoms with Gasteiger partial charge in [-0.3, -0.25) is 4.98 Å². The first kappa shape index (κ1) is 17.8. The molecule has 1 aromatic heterocycles. The molecule has 2 unspecified atom stereocenters. The standard InChI is InChI=1S/C18H25BrN2O3/c1-17(2,3)24-16(22)11-23-18(15-7-4-12(19)10-20-15)8-13-5-6-14(9-18)21-13/h4,7,10,13-14,21H,5-6,8-9,11H2,1-3H3. The van der Waals surface area contributed by atoms with Crippen molar-refractivity contribution in [3.63, 3.8) is 0 Å². The van der Waals surface area contributed by atoms with Crippen LogP contribution in [0.4, 0.5) is 0 Å². The van der Waals surface area contributed by atoms with Crippen LogP contribution >= 0.6 is 15.9 Å². The minimum atomic E-state index is -0.519. The first-order valence-corrected chi connectivity index (χ1v) is 9.29. The number of nitrogens with zero attached hydrogens (tertiary/aromatic N) is 1. The quantitative estimate of drug-likeness (QED) is 0.790. The van der Waals surface area contributed by atoms with Gasteiger partial charge in [0.05, 0.1) is 5.69 Å². The van der Waals surface area contributed by atoms with E-state index >= 15 is 0 Å². The molecule has 0 aliphatic carbocycles. The third-order valence-electron chi connectivity index (χ3n) is 4.57. The molecule has 0 radical (unpaired) electrons. The van der Waals surface area contributed by atoms with Crippen molar-refractivity contribution in [1.29, 1.82) is 0 Å². The van der Waals surface area contributed by atoms with Crippen LogP contribution in [0.5, 0.6) is 0 Å². The van der Waals surface area contributed by atoms with Gasteiger partial charge in [0.2, 0.25) is 0 Å². The summed E-state index contributed by atoms with van der Waals surface area (Å²) in [7, 11) is 0. The number of carbonyl (C=O) groups is 1. The molecule has 5 nitrogen and oxygen atoms in total. The monoisotopic (exact) mass is 396 g/mol. The predicted molar refractivity (Wildman–Crippen MR) is 94.6 cm³/mol. The second kappa shape index (κ2) is 6.73. The van der Waals surface area contributed by atoms with Gasteiger partial charge < -0.3 is 14.8 Å². The number of esters is 1. The molecule has 0 spiro atoms. The van der Waals surface area contributed by atoms with Crippen LogP contribution in [0.25, 0.3) is 0 Å². The van der Waals surface area contributed by atoms with E-state index < -0.39 is 11.2 Å². The maximum atomic E-state index is 12.1. The number of fused-ring (bicyclic) bond motifs is 2. The van der Waals surface area contributed by atoms with Gasteiger partial charge in [0.1, 0.15) is 17.8 Å². The van der Waals surface area contributed by atoms with Gasteiger partial charge in [-0.2, -0.15) is 0 Å². The number of hydrogen-bond acceptors (Lipinski definition) is 5. The van der Waals surface area contributed by atoms with Gasteiger partial charge >= 0.3 is 5.97 Å². The molecule has 2 aliphatic rings. The zero-order chi connectivity index (χ0) is 17.4. The van der Waals surface area contributed by atoms with Crippen molar-refractivity contribution < 1.29 is 14.3 Å². The highest BCUT2D eigenvalue weighted by Gasteiger charge is 2.47. The average molecular weight is 397 g/mol. The van der Waals surface area contributed by atoms with Crippen LogP contribution in [-0.4, -0.2) is 35.2 Å². The lowest BCUT2D eigenvalue weighted by Crippen LogP contribution is -2.49. The molecule has 2 saturated heterocycles. The van der Waals surface area contributed by atoms with Crippen molar-refractivity contribution in [2.45, 2.75) is 69.7 Å². The summed E-state index contributed by atoms with van der Waals surface area (Å²) in [6, 6.07) is 4.81. The molecular formula is C18H25BrN2O3. The molecular weight excluding hydrogens is 372 g/mol. The first-order chi connectivity index (χ1) is 11.3. The number of pyridine rings is 1. The highest BCUT2D eigenvalue weighted by molar-refractivity contribution is 9.10. The Labute approximate surface area is 151 Å². The van der Waals surface area contributed by atoms with Crippen LogP contribution in [0.2, 0.25) is 0 Å². The molecule has 0 aromatic carbocycles. The Bertz CT molecular complexity index is 585. The summed E-state index contributed by atoms with van der Waals surface area (Å²) in [6.45, 7) is 5.54. The number of carbonyl (C=O) groups excluding carboxylic acids is 1. The van der Waals surface area contributed by atoms with E-state index in [4.69, 9.17) is 9.47 Å². The molecule has 2 fully saturated rings. The minimum absolute atomic E-state index is 0.0472. The highest BCUT2D eigenvalue weighted by atomic mass is 79.9. The zero-order valence-electron chi connectivity index (χ0n) is 14.5. The summed E-state index contributed by atoms with van der Waals surface area (Å²) in [5, 5.41) is 3.62. The second-order valence-electron chi connectivity index (χ2n) is 7.78. The van der Waals surface area contributed by atoms with E-state index in [0.717, 1.165) is 35.8 Å². The van der Waals surface area contributed by atoms with Crippen molar-refractivity contribution in [2.75, 3.05) is 6.61 Å². The van der Waals surface area contributed by atoms with E-state index in [1.165, 1.54) is 0 Å². The third-order valence-corrected chi connectivity index (χ3v) is 5.04. The maximum absolute atomic E-state index is 12.1. The Morgan fingerprint density at radius 3 is 2.54 bits per heavy atom. The number of hydrogen-bond donors (Lipinski definition) is 1. The van der Waals surface area contributed by atoms with Crippen molar-refractivity contribution in [3.8, 4) is 0 Å². The lowest BCUT2D eigenvalue weighted by Gasteiger charge is -2.40. The van der Waals surface area contributed by atoms with Crippen molar-refractivity contribution in [3.05, 3.63) is 28.5 Å². The number of rotatable bonds is 4. The first-order valence-electron chi connectivity index (χ1n) is 8.50. The molecule has 0 amide bonds. The van der Waals surface area contributed by atoms with Gasteiger partial charge in [0.15, 0.2) is 0 Å². The van der Waals surface area contributed by atoms with Gasteiger partial charge in [-0.1, -0.05) is 0 Å². The summed E-state index contributed by atoms with van der Waals surface area (Å²) >= 11 is 3.43. The molecule has 3 rings (SSSR count). The SMILES string of the molecule is CC(C)(C)OC(=O)COC1(c2ccc(Br)cn2)CC2CCC(C1)N2. The summed E-state index contributed by atoms with van der Waals surface area (Å²) < 4.78 is 12.5. The Hall–Kier alpha value is -0.980.